The molecule has 0 spiro atoms. The number of carboxylic acids is 1. The predicted molar refractivity (Wildman–Crippen MR) is 45.6 cm³/mol. The number of aliphatic hydroxyl groups is 1. The molecular weight excluding hydrogens is 190 g/mol. The van der Waals surface area contributed by atoms with E-state index in [1.54, 1.807) is 0 Å². The van der Waals surface area contributed by atoms with Gasteiger partial charge in [0.15, 0.2) is 11.2 Å². The van der Waals surface area contributed by atoms with Crippen LogP contribution in [0, 0.1) is 0 Å². The molecule has 1 fully saturated rings. The first-order valence-corrected chi connectivity index (χ1v) is 4.20. The normalized spacial score (nSPS) is 31.8. The second-order valence-corrected chi connectivity index (χ2v) is 3.51. The van der Waals surface area contributed by atoms with Crippen LogP contribution in [0.2, 0.25) is 0 Å². The SMILES string of the molecule is CC(O)(C(=O)O)[C@@]1(C)OCCNC1=O. The minimum Gasteiger partial charge on any atom is -0.479 e. The van der Waals surface area contributed by atoms with Gasteiger partial charge in [-0.15, -0.1) is 0 Å². The fraction of sp³-hybridized carbons (Fsp3) is 0.750. The van der Waals surface area contributed by atoms with Gasteiger partial charge in [-0.1, -0.05) is 0 Å². The molecule has 1 heterocycles. The number of ether oxygens (including phenoxy) is 1. The standard InChI is InChI=1S/C8H13NO5/c1-7(13,6(11)12)8(2)5(10)9-3-4-14-8/h13H,3-4H2,1-2H3,(H,9,10)(H,11,12)/t7?,8-/m0/s1. The third kappa shape index (κ3) is 1.36. The summed E-state index contributed by atoms with van der Waals surface area (Å²) in [5, 5.41) is 20.9. The van der Waals surface area contributed by atoms with Crippen LogP contribution in [0.1, 0.15) is 13.8 Å². The van der Waals surface area contributed by atoms with Crippen LogP contribution < -0.4 is 5.32 Å². The van der Waals surface area contributed by atoms with Crippen molar-refractivity contribution in [3.63, 3.8) is 0 Å². The summed E-state index contributed by atoms with van der Waals surface area (Å²) in [4.78, 5) is 22.2. The van der Waals surface area contributed by atoms with E-state index < -0.39 is 23.1 Å². The first-order valence-electron chi connectivity index (χ1n) is 4.20. The van der Waals surface area contributed by atoms with Gasteiger partial charge in [0.05, 0.1) is 6.61 Å². The second-order valence-electron chi connectivity index (χ2n) is 3.51. The summed E-state index contributed by atoms with van der Waals surface area (Å²) in [5.41, 5.74) is -3.98. The van der Waals surface area contributed by atoms with E-state index in [0.717, 1.165) is 6.92 Å². The summed E-state index contributed by atoms with van der Waals surface area (Å²) in [6.45, 7) is 2.81. The summed E-state index contributed by atoms with van der Waals surface area (Å²) in [5.74, 6) is -2.10. The molecule has 14 heavy (non-hydrogen) atoms. The first-order chi connectivity index (χ1) is 6.32. The highest BCUT2D eigenvalue weighted by atomic mass is 16.5. The van der Waals surface area contributed by atoms with E-state index in [2.05, 4.69) is 5.32 Å². The Morgan fingerprint density at radius 1 is 1.71 bits per heavy atom. The van der Waals surface area contributed by atoms with E-state index in [0.29, 0.717) is 6.54 Å². The Hall–Kier alpha value is -1.14. The van der Waals surface area contributed by atoms with Gasteiger partial charge in [0.2, 0.25) is 0 Å². The number of aliphatic carboxylic acids is 1. The minimum atomic E-state index is -2.24. The fourth-order valence-electron chi connectivity index (χ4n) is 1.22. The van der Waals surface area contributed by atoms with Gasteiger partial charge in [-0.2, -0.15) is 0 Å². The molecule has 1 saturated heterocycles. The lowest BCUT2D eigenvalue weighted by Crippen LogP contribution is -2.67. The van der Waals surface area contributed by atoms with Crippen molar-refractivity contribution < 1.29 is 24.5 Å². The Kier molecular flexibility index (Phi) is 2.51. The lowest BCUT2D eigenvalue weighted by molar-refractivity contribution is -0.206. The summed E-state index contributed by atoms with van der Waals surface area (Å²) in [7, 11) is 0. The highest BCUT2D eigenvalue weighted by Gasteiger charge is 2.56. The number of carbonyl (C=O) groups is 2. The molecule has 0 aromatic rings. The van der Waals surface area contributed by atoms with Gasteiger partial charge in [-0.05, 0) is 13.8 Å². The fourth-order valence-corrected chi connectivity index (χ4v) is 1.22. The molecule has 6 nitrogen and oxygen atoms in total. The zero-order valence-corrected chi connectivity index (χ0v) is 8.03. The van der Waals surface area contributed by atoms with E-state index in [-0.39, 0.29) is 6.61 Å². The second kappa shape index (κ2) is 3.21. The van der Waals surface area contributed by atoms with Crippen LogP contribution in [0.4, 0.5) is 0 Å². The maximum absolute atomic E-state index is 11.4. The molecule has 6 heteroatoms. The number of carboxylic acid groups (broad SMARTS) is 1. The quantitative estimate of drug-likeness (QED) is 0.520. The monoisotopic (exact) mass is 203 g/mol. The molecule has 1 aliphatic rings. The Bertz CT molecular complexity index is 275. The number of carbonyl (C=O) groups excluding carboxylic acids is 1. The number of morpholine rings is 1. The predicted octanol–water partition coefficient (Wildman–Crippen LogP) is -1.27. The Balaban J connectivity index is 3.03. The number of amides is 1. The van der Waals surface area contributed by atoms with Crippen LogP contribution in [0.3, 0.4) is 0 Å². The molecule has 1 rings (SSSR count). The molecule has 0 aliphatic carbocycles. The Morgan fingerprint density at radius 2 is 2.29 bits per heavy atom. The van der Waals surface area contributed by atoms with Crippen molar-refractivity contribution in [2.45, 2.75) is 25.0 Å². The number of hydrogen-bond acceptors (Lipinski definition) is 4. The molecule has 0 bridgehead atoms. The van der Waals surface area contributed by atoms with Gasteiger partial charge in [0, 0.05) is 6.54 Å². The van der Waals surface area contributed by atoms with Crippen LogP contribution in [0.15, 0.2) is 0 Å². The average Bonchev–Trinajstić information content (AvgIpc) is 2.09. The van der Waals surface area contributed by atoms with Crippen molar-refractivity contribution in [2.24, 2.45) is 0 Å². The van der Waals surface area contributed by atoms with E-state index in [1.165, 1.54) is 6.92 Å². The maximum Gasteiger partial charge on any atom is 0.339 e. The number of hydrogen-bond donors (Lipinski definition) is 3. The van der Waals surface area contributed by atoms with Crippen LogP contribution >= 0.6 is 0 Å². The third-order valence-corrected chi connectivity index (χ3v) is 2.56. The summed E-state index contributed by atoms with van der Waals surface area (Å²) >= 11 is 0. The first kappa shape index (κ1) is 10.9. The molecule has 0 radical (unpaired) electrons. The van der Waals surface area contributed by atoms with Gasteiger partial charge >= 0.3 is 5.97 Å². The summed E-state index contributed by atoms with van der Waals surface area (Å²) in [6, 6.07) is 0. The smallest absolute Gasteiger partial charge is 0.339 e. The molecule has 1 aliphatic heterocycles. The van der Waals surface area contributed by atoms with E-state index in [4.69, 9.17) is 9.84 Å². The lowest BCUT2D eigenvalue weighted by Gasteiger charge is -2.40. The molecular formula is C8H13NO5. The zero-order chi connectivity index (χ0) is 11.0. The van der Waals surface area contributed by atoms with Crippen LogP contribution in [0.25, 0.3) is 0 Å². The summed E-state index contributed by atoms with van der Waals surface area (Å²) < 4.78 is 5.06. The highest BCUT2D eigenvalue weighted by molar-refractivity contribution is 5.94. The molecule has 80 valence electrons. The topological polar surface area (TPSA) is 95.9 Å². The van der Waals surface area contributed by atoms with Crippen molar-refractivity contribution in [1.29, 1.82) is 0 Å². The average molecular weight is 203 g/mol. The minimum absolute atomic E-state index is 0.186. The zero-order valence-electron chi connectivity index (χ0n) is 8.03. The molecule has 3 N–H and O–H groups in total. The van der Waals surface area contributed by atoms with E-state index >= 15 is 0 Å². The highest BCUT2D eigenvalue weighted by Crippen LogP contribution is 2.28. The Morgan fingerprint density at radius 3 is 2.71 bits per heavy atom. The molecule has 2 atom stereocenters. The molecule has 1 unspecified atom stereocenters. The van der Waals surface area contributed by atoms with Crippen LogP contribution in [-0.2, 0) is 14.3 Å². The van der Waals surface area contributed by atoms with Gasteiger partial charge < -0.3 is 20.3 Å². The molecule has 0 aromatic carbocycles. The molecule has 1 amide bonds. The van der Waals surface area contributed by atoms with E-state index in [1.807, 2.05) is 0 Å². The maximum atomic E-state index is 11.4. The van der Waals surface area contributed by atoms with Crippen LogP contribution in [0.5, 0.6) is 0 Å². The summed E-state index contributed by atoms with van der Waals surface area (Å²) in [6.07, 6.45) is 0. The van der Waals surface area contributed by atoms with Crippen molar-refractivity contribution in [3.05, 3.63) is 0 Å². The van der Waals surface area contributed by atoms with Crippen molar-refractivity contribution in [2.75, 3.05) is 13.2 Å². The number of nitrogens with one attached hydrogen (secondary N) is 1. The van der Waals surface area contributed by atoms with Crippen LogP contribution in [-0.4, -0.2) is 46.4 Å². The van der Waals surface area contributed by atoms with Gasteiger partial charge in [0.1, 0.15) is 0 Å². The molecule has 0 aromatic heterocycles. The van der Waals surface area contributed by atoms with Crippen molar-refractivity contribution in [3.8, 4) is 0 Å². The van der Waals surface area contributed by atoms with Gasteiger partial charge in [-0.25, -0.2) is 4.79 Å². The largest absolute Gasteiger partial charge is 0.479 e. The van der Waals surface area contributed by atoms with Gasteiger partial charge in [0.25, 0.3) is 5.91 Å². The Labute approximate surface area is 80.9 Å². The van der Waals surface area contributed by atoms with Crippen molar-refractivity contribution >= 4 is 11.9 Å². The number of rotatable bonds is 2. The van der Waals surface area contributed by atoms with Crippen molar-refractivity contribution in [1.82, 2.24) is 5.32 Å². The van der Waals surface area contributed by atoms with Gasteiger partial charge in [-0.3, -0.25) is 4.79 Å². The molecule has 0 saturated carbocycles. The lowest BCUT2D eigenvalue weighted by atomic mass is 9.84. The third-order valence-electron chi connectivity index (χ3n) is 2.56. The van der Waals surface area contributed by atoms with E-state index in [9.17, 15) is 14.7 Å².